The molecule has 0 saturated carbocycles. The second-order valence-corrected chi connectivity index (χ2v) is 10.5. The van der Waals surface area contributed by atoms with Crippen LogP contribution in [0.4, 0.5) is 16.3 Å². The summed E-state index contributed by atoms with van der Waals surface area (Å²) in [7, 11) is 1.92. The van der Waals surface area contributed by atoms with E-state index in [0.717, 1.165) is 24.1 Å². The van der Waals surface area contributed by atoms with E-state index in [1.165, 1.54) is 4.57 Å². The van der Waals surface area contributed by atoms with Gasteiger partial charge in [0.25, 0.3) is 0 Å². The van der Waals surface area contributed by atoms with Gasteiger partial charge in [0.1, 0.15) is 18.1 Å². The van der Waals surface area contributed by atoms with Gasteiger partial charge in [-0.25, -0.2) is 14.8 Å². The van der Waals surface area contributed by atoms with Crippen LogP contribution in [0, 0.1) is 17.2 Å². The molecule has 2 atom stereocenters. The molecule has 1 aliphatic heterocycles. The lowest BCUT2D eigenvalue weighted by Gasteiger charge is -2.42. The molecule has 3 amide bonds. The van der Waals surface area contributed by atoms with Gasteiger partial charge in [-0.05, 0) is 55.5 Å². The molecule has 41 heavy (non-hydrogen) atoms. The van der Waals surface area contributed by atoms with E-state index in [2.05, 4.69) is 17.2 Å². The van der Waals surface area contributed by atoms with E-state index in [1.807, 2.05) is 42.3 Å². The minimum Gasteiger partial charge on any atom is -0.354 e. The number of hydrogen-bond acceptors (Lipinski definition) is 8. The number of benzene rings is 1. The molecule has 216 valence electrons. The molecule has 0 aliphatic carbocycles. The minimum atomic E-state index is -0.658. The van der Waals surface area contributed by atoms with Crippen LogP contribution in [0.2, 0.25) is 0 Å². The highest BCUT2D eigenvalue weighted by Gasteiger charge is 2.33. The van der Waals surface area contributed by atoms with Gasteiger partial charge in [0.15, 0.2) is 5.65 Å². The number of anilines is 2. The number of nitriles is 1. The normalized spacial score (nSPS) is 16.8. The Morgan fingerprint density at radius 3 is 2.61 bits per heavy atom. The number of likely N-dealkylation sites (N-methyl/N-ethyl adjacent to an activating group) is 1. The maximum Gasteiger partial charge on any atom is 0.324 e. The van der Waals surface area contributed by atoms with Crippen molar-refractivity contribution in [3.05, 3.63) is 47.9 Å². The van der Waals surface area contributed by atoms with Crippen LogP contribution < -0.4 is 21.7 Å². The van der Waals surface area contributed by atoms with Crippen LogP contribution in [0.1, 0.15) is 44.0 Å². The summed E-state index contributed by atoms with van der Waals surface area (Å²) in [6, 6.07) is 10.6. The van der Waals surface area contributed by atoms with E-state index in [0.29, 0.717) is 55.2 Å². The third-order valence-corrected chi connectivity index (χ3v) is 7.62. The van der Waals surface area contributed by atoms with Crippen molar-refractivity contribution < 1.29 is 14.4 Å². The molecule has 3 heterocycles. The van der Waals surface area contributed by atoms with Crippen LogP contribution in [0.15, 0.2) is 36.5 Å². The van der Waals surface area contributed by atoms with E-state index in [4.69, 9.17) is 21.7 Å². The number of fused-ring (bicyclic) bond motifs is 1. The number of likely N-dealkylation sites (tertiary alicyclic amines) is 1. The first-order valence-corrected chi connectivity index (χ1v) is 13.9. The van der Waals surface area contributed by atoms with Crippen molar-refractivity contribution in [1.82, 2.24) is 19.4 Å². The van der Waals surface area contributed by atoms with Crippen molar-refractivity contribution in [3.8, 4) is 6.07 Å². The third-order valence-electron chi connectivity index (χ3n) is 7.62. The Bertz CT molecular complexity index is 1440. The highest BCUT2D eigenvalue weighted by atomic mass is 16.2. The van der Waals surface area contributed by atoms with Crippen LogP contribution in [0.5, 0.6) is 0 Å². The predicted molar refractivity (Wildman–Crippen MR) is 156 cm³/mol. The summed E-state index contributed by atoms with van der Waals surface area (Å²) < 4.78 is 1.28. The number of nitrogens with one attached hydrogen (secondary N) is 1. The smallest absolute Gasteiger partial charge is 0.324 e. The second-order valence-electron chi connectivity index (χ2n) is 10.5. The van der Waals surface area contributed by atoms with Gasteiger partial charge in [0, 0.05) is 44.9 Å². The summed E-state index contributed by atoms with van der Waals surface area (Å²) in [5.41, 5.74) is 13.4. The number of rotatable bonds is 10. The standard InChI is InChI=1S/C29H37N9O3/c1-19-12-16-37(26(40)11-15-31)18-23(19)36(2)27-22-13-17-38(29(32)41)28(22)35-24(34-27)4-3-5-25(39)33-21-8-6-20(7-9-21)10-14-30/h6-9,13,17,19,23H,3-5,10-12,14,16,18,30H2,1-2H3,(H2,32,41)(H,33,39)/t19-,23+/m1/s1. The first-order chi connectivity index (χ1) is 19.7. The molecule has 12 heteroatoms. The van der Waals surface area contributed by atoms with Gasteiger partial charge in [-0.2, -0.15) is 5.26 Å². The topological polar surface area (TPSA) is 176 Å². The fourth-order valence-corrected chi connectivity index (χ4v) is 5.27. The molecule has 1 saturated heterocycles. The molecule has 0 bridgehead atoms. The summed E-state index contributed by atoms with van der Waals surface area (Å²) in [5.74, 6) is 1.06. The lowest BCUT2D eigenvalue weighted by molar-refractivity contribution is -0.131. The maximum absolute atomic E-state index is 12.6. The zero-order chi connectivity index (χ0) is 29.5. The molecular formula is C29H37N9O3. The summed E-state index contributed by atoms with van der Waals surface area (Å²) in [6.07, 6.45) is 4.18. The molecule has 12 nitrogen and oxygen atoms in total. The fraction of sp³-hybridized carbons (Fsp3) is 0.448. The Kier molecular flexibility index (Phi) is 9.52. The van der Waals surface area contributed by atoms with E-state index in [1.54, 1.807) is 17.2 Å². The average molecular weight is 560 g/mol. The van der Waals surface area contributed by atoms with Gasteiger partial charge in [0.05, 0.1) is 17.5 Å². The van der Waals surface area contributed by atoms with E-state index in [9.17, 15) is 14.4 Å². The minimum absolute atomic E-state index is 0.0590. The van der Waals surface area contributed by atoms with E-state index in [-0.39, 0.29) is 36.6 Å². The molecule has 1 fully saturated rings. The lowest BCUT2D eigenvalue weighted by atomic mass is 9.92. The van der Waals surface area contributed by atoms with Crippen molar-refractivity contribution in [1.29, 1.82) is 5.26 Å². The van der Waals surface area contributed by atoms with Gasteiger partial charge in [-0.15, -0.1) is 0 Å². The molecule has 1 aromatic carbocycles. The molecule has 0 unspecified atom stereocenters. The van der Waals surface area contributed by atoms with Crippen LogP contribution in [0.25, 0.3) is 11.0 Å². The maximum atomic E-state index is 12.6. The van der Waals surface area contributed by atoms with Crippen molar-refractivity contribution in [2.75, 3.05) is 36.9 Å². The number of amides is 3. The number of piperidine rings is 1. The fourth-order valence-electron chi connectivity index (χ4n) is 5.27. The van der Waals surface area contributed by atoms with Gasteiger partial charge in [-0.1, -0.05) is 19.1 Å². The van der Waals surface area contributed by atoms with E-state index < -0.39 is 6.03 Å². The summed E-state index contributed by atoms with van der Waals surface area (Å²) >= 11 is 0. The van der Waals surface area contributed by atoms with Gasteiger partial charge in [0.2, 0.25) is 11.8 Å². The first-order valence-electron chi connectivity index (χ1n) is 13.9. The number of primary amides is 1. The van der Waals surface area contributed by atoms with Crippen molar-refractivity contribution in [3.63, 3.8) is 0 Å². The zero-order valence-corrected chi connectivity index (χ0v) is 23.5. The average Bonchev–Trinajstić information content (AvgIpc) is 3.38. The number of nitrogens with zero attached hydrogens (tertiary/aromatic N) is 6. The first kappa shape index (κ1) is 29.5. The number of nitrogens with two attached hydrogens (primary N) is 2. The number of aromatic nitrogens is 3. The molecule has 5 N–H and O–H groups in total. The number of carbonyl (C=O) groups excluding carboxylic acids is 3. The third kappa shape index (κ3) is 6.99. The van der Waals surface area contributed by atoms with Gasteiger partial charge < -0.3 is 26.6 Å². The predicted octanol–water partition coefficient (Wildman–Crippen LogP) is 2.41. The quantitative estimate of drug-likeness (QED) is 0.339. The number of aryl methyl sites for hydroxylation is 1. The Morgan fingerprint density at radius 1 is 1.17 bits per heavy atom. The SMILES string of the molecule is C[C@@H]1CCN(C(=O)CC#N)C[C@@H]1N(C)c1nc(CCCC(=O)Nc2ccc(CCN)cc2)nc2c1ccn2C(N)=O. The number of carbonyl (C=O) groups is 3. The summed E-state index contributed by atoms with van der Waals surface area (Å²) in [5, 5.41) is 12.6. The second kappa shape index (κ2) is 13.2. The molecule has 3 aromatic rings. The van der Waals surface area contributed by atoms with Crippen LogP contribution in [-0.2, 0) is 22.4 Å². The van der Waals surface area contributed by atoms with Crippen LogP contribution in [0.3, 0.4) is 0 Å². The summed E-state index contributed by atoms with van der Waals surface area (Å²) in [6.45, 7) is 3.77. The van der Waals surface area contributed by atoms with Crippen molar-refractivity contribution in [2.24, 2.45) is 17.4 Å². The largest absolute Gasteiger partial charge is 0.354 e. The van der Waals surface area contributed by atoms with Crippen molar-refractivity contribution in [2.45, 2.75) is 51.5 Å². The highest BCUT2D eigenvalue weighted by Crippen LogP contribution is 2.30. The van der Waals surface area contributed by atoms with Crippen LogP contribution in [-0.4, -0.2) is 70.0 Å². The highest BCUT2D eigenvalue weighted by molar-refractivity contribution is 5.94. The Labute approximate surface area is 239 Å². The van der Waals surface area contributed by atoms with Crippen molar-refractivity contribution >= 4 is 40.4 Å². The lowest BCUT2D eigenvalue weighted by Crippen LogP contribution is -2.52. The Morgan fingerprint density at radius 2 is 1.93 bits per heavy atom. The Hall–Kier alpha value is -4.50. The molecule has 1 aliphatic rings. The summed E-state index contributed by atoms with van der Waals surface area (Å²) in [4.78, 5) is 50.4. The Balaban J connectivity index is 1.51. The molecule has 0 spiro atoms. The monoisotopic (exact) mass is 559 g/mol. The van der Waals surface area contributed by atoms with Crippen LogP contribution >= 0.6 is 0 Å². The molecule has 2 aromatic heterocycles. The van der Waals surface area contributed by atoms with Gasteiger partial charge >= 0.3 is 6.03 Å². The van der Waals surface area contributed by atoms with E-state index >= 15 is 0 Å². The molecular weight excluding hydrogens is 522 g/mol. The van der Waals surface area contributed by atoms with Gasteiger partial charge in [-0.3, -0.25) is 14.2 Å². The molecule has 0 radical (unpaired) electrons. The zero-order valence-electron chi connectivity index (χ0n) is 23.5. The molecule has 4 rings (SSSR count). The number of hydrogen-bond donors (Lipinski definition) is 3.